The number of hydrogen-bond donors (Lipinski definition) is 1. The van der Waals surface area contributed by atoms with Gasteiger partial charge in [0.1, 0.15) is 0 Å². The van der Waals surface area contributed by atoms with Gasteiger partial charge < -0.3 is 15.5 Å². The summed E-state index contributed by atoms with van der Waals surface area (Å²) in [4.78, 5) is 33.7. The van der Waals surface area contributed by atoms with Gasteiger partial charge in [0.15, 0.2) is 0 Å². The van der Waals surface area contributed by atoms with Crippen molar-refractivity contribution in [1.29, 1.82) is 0 Å². The van der Waals surface area contributed by atoms with E-state index in [0.29, 0.717) is 38.3 Å². The Morgan fingerprint density at radius 3 is 2.47 bits per heavy atom. The summed E-state index contributed by atoms with van der Waals surface area (Å²) in [6.45, 7) is 2.92. The minimum Gasteiger partial charge on any atom is -0.338 e. The highest BCUT2D eigenvalue weighted by Gasteiger charge is 2.31. The monoisotopic (exact) mass is 452 g/mol. The van der Waals surface area contributed by atoms with Gasteiger partial charge in [0.05, 0.1) is 5.92 Å². The van der Waals surface area contributed by atoms with Gasteiger partial charge in [-0.3, -0.25) is 14.6 Å². The fourth-order valence-electron chi connectivity index (χ4n) is 3.65. The number of likely N-dealkylation sites (tertiary alicyclic amines) is 1. The first-order valence-electron chi connectivity index (χ1n) is 9.91. The molecule has 1 unspecified atom stereocenters. The fraction of sp³-hybridized carbons (Fsp3) is 0.409. The maximum absolute atomic E-state index is 13.3. The predicted octanol–water partition coefficient (Wildman–Crippen LogP) is 3.16. The van der Waals surface area contributed by atoms with E-state index in [4.69, 9.17) is 5.73 Å². The predicted molar refractivity (Wildman–Crippen MR) is 123 cm³/mol. The van der Waals surface area contributed by atoms with Gasteiger partial charge in [0.25, 0.3) is 5.91 Å². The number of nitrogens with two attached hydrogens (primary N) is 1. The molecule has 0 aliphatic carbocycles. The maximum Gasteiger partial charge on any atom is 0.253 e. The molecular weight excluding hydrogens is 423 g/mol. The van der Waals surface area contributed by atoms with Crippen LogP contribution in [0.3, 0.4) is 0 Å². The molecule has 3 rings (SSSR count). The van der Waals surface area contributed by atoms with Gasteiger partial charge in [-0.1, -0.05) is 30.3 Å². The van der Waals surface area contributed by atoms with Crippen molar-refractivity contribution in [2.24, 2.45) is 11.7 Å². The molecule has 0 bridgehead atoms. The van der Waals surface area contributed by atoms with Gasteiger partial charge in [-0.2, -0.15) is 0 Å². The molecule has 30 heavy (non-hydrogen) atoms. The van der Waals surface area contributed by atoms with E-state index >= 15 is 0 Å². The Labute approximate surface area is 190 Å². The molecule has 1 aliphatic heterocycles. The smallest absolute Gasteiger partial charge is 0.253 e. The quantitative estimate of drug-likeness (QED) is 0.699. The zero-order valence-electron chi connectivity index (χ0n) is 17.0. The number of carbonyl (C=O) groups is 2. The minimum absolute atomic E-state index is 0. The first-order valence-corrected chi connectivity index (χ1v) is 9.91. The number of benzene rings is 1. The average molecular weight is 453 g/mol. The van der Waals surface area contributed by atoms with Crippen LogP contribution in [0.5, 0.6) is 0 Å². The van der Waals surface area contributed by atoms with E-state index < -0.39 is 0 Å². The molecule has 2 heterocycles. The van der Waals surface area contributed by atoms with Crippen molar-refractivity contribution in [3.63, 3.8) is 0 Å². The number of rotatable bonds is 7. The molecule has 1 atom stereocenters. The number of aromatic nitrogens is 1. The maximum atomic E-state index is 13.3. The third-order valence-corrected chi connectivity index (χ3v) is 5.15. The van der Waals surface area contributed by atoms with Crippen LogP contribution < -0.4 is 5.73 Å². The van der Waals surface area contributed by atoms with E-state index in [0.717, 1.165) is 24.8 Å². The molecule has 1 aromatic carbocycles. The SMILES string of the molecule is Cl.Cl.NCCCN(Cc1ccccc1)C(=O)C1CCCN(C(=O)c2ccncc2)C1. The summed E-state index contributed by atoms with van der Waals surface area (Å²) in [5, 5.41) is 0. The summed E-state index contributed by atoms with van der Waals surface area (Å²) in [7, 11) is 0. The second-order valence-corrected chi connectivity index (χ2v) is 7.21. The van der Waals surface area contributed by atoms with Crippen LogP contribution in [-0.4, -0.2) is 52.8 Å². The summed E-state index contributed by atoms with van der Waals surface area (Å²) in [6, 6.07) is 13.4. The van der Waals surface area contributed by atoms with Crippen LogP contribution in [0.15, 0.2) is 54.9 Å². The van der Waals surface area contributed by atoms with Gasteiger partial charge in [-0.25, -0.2) is 0 Å². The van der Waals surface area contributed by atoms with Gasteiger partial charge >= 0.3 is 0 Å². The molecule has 1 aliphatic rings. The molecule has 0 saturated carbocycles. The summed E-state index contributed by atoms with van der Waals surface area (Å²) in [5.41, 5.74) is 7.40. The summed E-state index contributed by atoms with van der Waals surface area (Å²) < 4.78 is 0. The largest absolute Gasteiger partial charge is 0.338 e. The van der Waals surface area contributed by atoms with Crippen molar-refractivity contribution in [1.82, 2.24) is 14.8 Å². The number of pyridine rings is 1. The highest BCUT2D eigenvalue weighted by molar-refractivity contribution is 5.94. The van der Waals surface area contributed by atoms with Crippen LogP contribution in [0, 0.1) is 5.92 Å². The molecule has 0 radical (unpaired) electrons. The first-order chi connectivity index (χ1) is 13.7. The van der Waals surface area contributed by atoms with E-state index in [2.05, 4.69) is 4.98 Å². The highest BCUT2D eigenvalue weighted by atomic mass is 35.5. The van der Waals surface area contributed by atoms with Crippen LogP contribution in [0.4, 0.5) is 0 Å². The molecule has 6 nitrogen and oxygen atoms in total. The van der Waals surface area contributed by atoms with E-state index in [1.807, 2.05) is 35.2 Å². The lowest BCUT2D eigenvalue weighted by Gasteiger charge is -2.35. The van der Waals surface area contributed by atoms with Crippen LogP contribution in [0.2, 0.25) is 0 Å². The van der Waals surface area contributed by atoms with Crippen molar-refractivity contribution < 1.29 is 9.59 Å². The van der Waals surface area contributed by atoms with Crippen molar-refractivity contribution >= 4 is 36.6 Å². The molecule has 2 amide bonds. The van der Waals surface area contributed by atoms with E-state index in [1.54, 1.807) is 29.4 Å². The van der Waals surface area contributed by atoms with Gasteiger partial charge in [-0.05, 0) is 43.5 Å². The van der Waals surface area contributed by atoms with Crippen molar-refractivity contribution in [3.05, 3.63) is 66.0 Å². The number of amides is 2. The third-order valence-electron chi connectivity index (χ3n) is 5.15. The minimum atomic E-state index is -0.166. The van der Waals surface area contributed by atoms with Gasteiger partial charge in [-0.15, -0.1) is 24.8 Å². The summed E-state index contributed by atoms with van der Waals surface area (Å²) in [5.74, 6) is -0.0815. The Hall–Kier alpha value is -2.15. The Bertz CT molecular complexity index is 777. The van der Waals surface area contributed by atoms with Crippen LogP contribution in [0.1, 0.15) is 35.2 Å². The van der Waals surface area contributed by atoms with Crippen LogP contribution in [-0.2, 0) is 11.3 Å². The topological polar surface area (TPSA) is 79.5 Å². The molecule has 1 fully saturated rings. The Morgan fingerprint density at radius 1 is 1.10 bits per heavy atom. The number of halogens is 2. The molecule has 8 heteroatoms. The summed E-state index contributed by atoms with van der Waals surface area (Å²) >= 11 is 0. The lowest BCUT2D eigenvalue weighted by molar-refractivity contribution is -0.137. The molecule has 1 saturated heterocycles. The zero-order chi connectivity index (χ0) is 19.8. The van der Waals surface area contributed by atoms with Crippen LogP contribution >= 0.6 is 24.8 Å². The second-order valence-electron chi connectivity index (χ2n) is 7.21. The Balaban J connectivity index is 0.00000225. The van der Waals surface area contributed by atoms with Crippen molar-refractivity contribution in [2.75, 3.05) is 26.2 Å². The van der Waals surface area contributed by atoms with E-state index in [-0.39, 0.29) is 42.5 Å². The van der Waals surface area contributed by atoms with Crippen molar-refractivity contribution in [3.8, 4) is 0 Å². The Morgan fingerprint density at radius 2 is 1.80 bits per heavy atom. The lowest BCUT2D eigenvalue weighted by atomic mass is 9.95. The lowest BCUT2D eigenvalue weighted by Crippen LogP contribution is -2.47. The molecular formula is C22H30Cl2N4O2. The number of carbonyl (C=O) groups excluding carboxylic acids is 2. The molecule has 2 aromatic rings. The number of hydrogen-bond acceptors (Lipinski definition) is 4. The molecule has 2 N–H and O–H groups in total. The van der Waals surface area contributed by atoms with Crippen LogP contribution in [0.25, 0.3) is 0 Å². The van der Waals surface area contributed by atoms with E-state index in [1.165, 1.54) is 0 Å². The first kappa shape index (κ1) is 25.9. The Kier molecular flexibility index (Phi) is 11.4. The zero-order valence-corrected chi connectivity index (χ0v) is 18.6. The fourth-order valence-corrected chi connectivity index (χ4v) is 3.65. The second kappa shape index (κ2) is 13.2. The average Bonchev–Trinajstić information content (AvgIpc) is 2.77. The normalized spacial score (nSPS) is 15.5. The molecule has 164 valence electrons. The molecule has 0 spiro atoms. The standard InChI is InChI=1S/C22H28N4O2.2ClH/c23-11-5-15-25(16-18-6-2-1-3-7-18)22(28)20-8-4-14-26(17-20)21(27)19-9-12-24-13-10-19;;/h1-3,6-7,9-10,12-13,20H,4-5,8,11,14-17,23H2;2*1H. The highest BCUT2D eigenvalue weighted by Crippen LogP contribution is 2.22. The third kappa shape index (κ3) is 6.97. The van der Waals surface area contributed by atoms with Gasteiger partial charge in [0, 0.05) is 44.1 Å². The van der Waals surface area contributed by atoms with E-state index in [9.17, 15) is 9.59 Å². The molecule has 1 aromatic heterocycles. The number of piperidine rings is 1. The van der Waals surface area contributed by atoms with Gasteiger partial charge in [0.2, 0.25) is 5.91 Å². The number of nitrogens with zero attached hydrogens (tertiary/aromatic N) is 3. The summed E-state index contributed by atoms with van der Waals surface area (Å²) in [6.07, 6.45) is 5.66. The van der Waals surface area contributed by atoms with Crippen molar-refractivity contribution in [2.45, 2.75) is 25.8 Å².